The molecule has 3 heterocycles. The fraction of sp³-hybridized carbons (Fsp3) is 0.250. The van der Waals surface area contributed by atoms with E-state index in [1.807, 2.05) is 41.4 Å². The number of benzene rings is 2. The molecule has 31 heavy (non-hydrogen) atoms. The van der Waals surface area contributed by atoms with Crippen molar-refractivity contribution in [2.45, 2.75) is 25.9 Å². The smallest absolute Gasteiger partial charge is 0.308 e. The first-order valence-corrected chi connectivity index (χ1v) is 10.1. The standard InChI is InChI=1S/C24H20N2O5/c1-13(27)21-19-20(22-18-6-4-3-5-15(18)11-12-25(21)22)24(30)26(23(19)29)16-7-9-17(10-8-16)31-14(2)28/h3-12,19-22H,1-2H3/t19-,20+,21-,22-/m1/s1. The third-order valence-electron chi connectivity index (χ3n) is 6.23. The van der Waals surface area contributed by atoms with E-state index in [0.717, 1.165) is 11.1 Å². The van der Waals surface area contributed by atoms with Crippen molar-refractivity contribution in [3.63, 3.8) is 0 Å². The van der Waals surface area contributed by atoms with E-state index in [0.29, 0.717) is 11.4 Å². The number of carbonyl (C=O) groups is 4. The summed E-state index contributed by atoms with van der Waals surface area (Å²) in [6, 6.07) is 12.9. The molecule has 7 nitrogen and oxygen atoms in total. The Morgan fingerprint density at radius 2 is 1.58 bits per heavy atom. The van der Waals surface area contributed by atoms with Gasteiger partial charge in [0.05, 0.1) is 29.6 Å². The van der Waals surface area contributed by atoms with Crippen LogP contribution in [0.15, 0.2) is 54.7 Å². The van der Waals surface area contributed by atoms with Crippen molar-refractivity contribution in [3.05, 3.63) is 65.9 Å². The molecule has 0 aliphatic carbocycles. The summed E-state index contributed by atoms with van der Waals surface area (Å²) in [6.45, 7) is 2.76. The molecule has 5 rings (SSSR count). The number of fused-ring (bicyclic) bond motifs is 5. The summed E-state index contributed by atoms with van der Waals surface area (Å²) in [6.07, 6.45) is 3.75. The first-order chi connectivity index (χ1) is 14.9. The second-order valence-electron chi connectivity index (χ2n) is 8.04. The molecule has 2 aromatic rings. The van der Waals surface area contributed by atoms with Crippen molar-refractivity contribution in [1.82, 2.24) is 4.90 Å². The van der Waals surface area contributed by atoms with Crippen LogP contribution in [-0.4, -0.2) is 34.5 Å². The van der Waals surface area contributed by atoms with Crippen LogP contribution in [0.25, 0.3) is 6.08 Å². The molecule has 4 atom stereocenters. The number of anilines is 1. The highest BCUT2D eigenvalue weighted by Crippen LogP contribution is 2.53. The number of ether oxygens (including phenoxy) is 1. The summed E-state index contributed by atoms with van der Waals surface area (Å²) in [7, 11) is 0. The number of hydrogen-bond donors (Lipinski definition) is 0. The van der Waals surface area contributed by atoms with Gasteiger partial charge < -0.3 is 9.64 Å². The zero-order chi connectivity index (χ0) is 21.9. The molecule has 2 aromatic carbocycles. The zero-order valence-electron chi connectivity index (χ0n) is 17.0. The van der Waals surface area contributed by atoms with Gasteiger partial charge in [0, 0.05) is 13.1 Å². The number of carbonyl (C=O) groups excluding carboxylic acids is 4. The SMILES string of the molecule is CC(=O)Oc1ccc(N2C(=O)[C@@H]3[C@H](C2=O)[C@H]2c4ccccc4C=CN2[C@@H]3C(C)=O)cc1. The van der Waals surface area contributed by atoms with Gasteiger partial charge in [-0.25, -0.2) is 4.90 Å². The van der Waals surface area contributed by atoms with Crippen LogP contribution in [-0.2, 0) is 19.2 Å². The number of hydrogen-bond acceptors (Lipinski definition) is 6. The first kappa shape index (κ1) is 19.2. The van der Waals surface area contributed by atoms with Crippen molar-refractivity contribution in [2.24, 2.45) is 11.8 Å². The molecule has 156 valence electrons. The van der Waals surface area contributed by atoms with Crippen LogP contribution in [0.4, 0.5) is 5.69 Å². The third kappa shape index (κ3) is 2.80. The van der Waals surface area contributed by atoms with E-state index in [2.05, 4.69) is 0 Å². The summed E-state index contributed by atoms with van der Waals surface area (Å²) in [5.41, 5.74) is 2.32. The van der Waals surface area contributed by atoms with Crippen molar-refractivity contribution >= 4 is 35.3 Å². The monoisotopic (exact) mass is 416 g/mol. The van der Waals surface area contributed by atoms with Crippen LogP contribution in [0, 0.1) is 11.8 Å². The lowest BCUT2D eigenvalue weighted by molar-refractivity contribution is -0.132. The maximum absolute atomic E-state index is 13.6. The normalized spacial score (nSPS) is 25.9. The van der Waals surface area contributed by atoms with E-state index < -0.39 is 23.8 Å². The van der Waals surface area contributed by atoms with Crippen LogP contribution in [0.2, 0.25) is 0 Å². The lowest BCUT2D eigenvalue weighted by Crippen LogP contribution is -2.43. The number of imide groups is 1. The maximum atomic E-state index is 13.6. The molecule has 0 N–H and O–H groups in total. The van der Waals surface area contributed by atoms with Crippen LogP contribution < -0.4 is 9.64 Å². The van der Waals surface area contributed by atoms with Gasteiger partial charge in [0.2, 0.25) is 11.8 Å². The number of ketones is 1. The van der Waals surface area contributed by atoms with Crippen LogP contribution in [0.1, 0.15) is 31.0 Å². The molecule has 0 bridgehead atoms. The Balaban J connectivity index is 1.56. The van der Waals surface area contributed by atoms with Gasteiger partial charge in [-0.1, -0.05) is 24.3 Å². The molecule has 2 saturated heterocycles. The lowest BCUT2D eigenvalue weighted by Gasteiger charge is -2.34. The molecular weight excluding hydrogens is 396 g/mol. The fourth-order valence-electron chi connectivity index (χ4n) is 5.11. The molecular formula is C24H20N2O5. The predicted molar refractivity (Wildman–Crippen MR) is 112 cm³/mol. The molecule has 7 heteroatoms. The van der Waals surface area contributed by atoms with Gasteiger partial charge in [-0.2, -0.15) is 0 Å². The number of esters is 1. The average Bonchev–Trinajstić information content (AvgIpc) is 3.21. The van der Waals surface area contributed by atoms with E-state index in [4.69, 9.17) is 4.74 Å². The minimum atomic E-state index is -0.751. The van der Waals surface area contributed by atoms with Crippen molar-refractivity contribution in [3.8, 4) is 5.75 Å². The van der Waals surface area contributed by atoms with Crippen molar-refractivity contribution in [1.29, 1.82) is 0 Å². The van der Waals surface area contributed by atoms with Crippen LogP contribution >= 0.6 is 0 Å². The quantitative estimate of drug-likeness (QED) is 0.435. The first-order valence-electron chi connectivity index (χ1n) is 10.1. The number of nitrogens with zero attached hydrogens (tertiary/aromatic N) is 2. The van der Waals surface area contributed by atoms with Gasteiger partial charge in [0.25, 0.3) is 0 Å². The second-order valence-corrected chi connectivity index (χ2v) is 8.04. The molecule has 0 aromatic heterocycles. The Bertz CT molecular complexity index is 1150. The van der Waals surface area contributed by atoms with E-state index >= 15 is 0 Å². The fourth-order valence-corrected chi connectivity index (χ4v) is 5.11. The summed E-state index contributed by atoms with van der Waals surface area (Å²) >= 11 is 0. The summed E-state index contributed by atoms with van der Waals surface area (Å²) in [5, 5.41) is 0. The molecule has 0 spiro atoms. The Morgan fingerprint density at radius 1 is 0.903 bits per heavy atom. The molecule has 3 aliphatic rings. The van der Waals surface area contributed by atoms with E-state index in [1.54, 1.807) is 24.3 Å². The number of rotatable bonds is 3. The topological polar surface area (TPSA) is 84.0 Å². The summed E-state index contributed by atoms with van der Waals surface area (Å²) in [4.78, 5) is 53.8. The molecule has 0 unspecified atom stereocenters. The molecule has 0 radical (unpaired) electrons. The van der Waals surface area contributed by atoms with Gasteiger partial charge >= 0.3 is 5.97 Å². The predicted octanol–water partition coefficient (Wildman–Crippen LogP) is 2.72. The zero-order valence-corrected chi connectivity index (χ0v) is 17.0. The Morgan fingerprint density at radius 3 is 2.26 bits per heavy atom. The Kier molecular flexibility index (Phi) is 4.28. The average molecular weight is 416 g/mol. The van der Waals surface area contributed by atoms with E-state index in [9.17, 15) is 19.2 Å². The van der Waals surface area contributed by atoms with E-state index in [1.165, 1.54) is 18.7 Å². The molecule has 2 amide bonds. The van der Waals surface area contributed by atoms with Crippen LogP contribution in [0.3, 0.4) is 0 Å². The van der Waals surface area contributed by atoms with Gasteiger partial charge in [-0.05, 0) is 48.4 Å². The van der Waals surface area contributed by atoms with Gasteiger partial charge in [0.15, 0.2) is 5.78 Å². The minimum Gasteiger partial charge on any atom is -0.427 e. The van der Waals surface area contributed by atoms with Crippen molar-refractivity contribution in [2.75, 3.05) is 4.90 Å². The van der Waals surface area contributed by atoms with Gasteiger partial charge in [0.1, 0.15) is 5.75 Å². The summed E-state index contributed by atoms with van der Waals surface area (Å²) < 4.78 is 5.03. The highest BCUT2D eigenvalue weighted by molar-refractivity contribution is 6.24. The largest absolute Gasteiger partial charge is 0.427 e. The lowest BCUT2D eigenvalue weighted by atomic mass is 9.84. The third-order valence-corrected chi connectivity index (χ3v) is 6.23. The minimum absolute atomic E-state index is 0.144. The van der Waals surface area contributed by atoms with Gasteiger partial charge in [-0.3, -0.25) is 19.2 Å². The van der Waals surface area contributed by atoms with Crippen molar-refractivity contribution < 1.29 is 23.9 Å². The molecule has 0 saturated carbocycles. The number of Topliss-reactive ketones (excluding diaryl/α,β-unsaturated/α-hetero) is 1. The highest BCUT2D eigenvalue weighted by atomic mass is 16.5. The summed E-state index contributed by atoms with van der Waals surface area (Å²) in [5.74, 6) is -2.37. The Hall–Kier alpha value is -3.74. The second kappa shape index (κ2) is 6.91. The Labute approximate surface area is 178 Å². The number of amides is 2. The highest BCUT2D eigenvalue weighted by Gasteiger charge is 2.63. The molecule has 2 fully saturated rings. The van der Waals surface area contributed by atoms with E-state index in [-0.39, 0.29) is 23.6 Å². The maximum Gasteiger partial charge on any atom is 0.308 e. The van der Waals surface area contributed by atoms with Crippen LogP contribution in [0.5, 0.6) is 5.75 Å². The molecule has 3 aliphatic heterocycles. The van der Waals surface area contributed by atoms with Gasteiger partial charge in [-0.15, -0.1) is 0 Å².